The van der Waals surface area contributed by atoms with Crippen molar-refractivity contribution in [1.82, 2.24) is 15.3 Å². The minimum atomic E-state index is -1.55. The second kappa shape index (κ2) is 9.28. The molecule has 1 unspecified atom stereocenters. The average Bonchev–Trinajstić information content (AvgIpc) is 2.71. The van der Waals surface area contributed by atoms with Crippen LogP contribution in [0.4, 0.5) is 30.6 Å². The number of aliphatic hydroxyl groups is 1. The Labute approximate surface area is 196 Å². The van der Waals surface area contributed by atoms with Gasteiger partial charge in [0, 0.05) is 19.1 Å². The van der Waals surface area contributed by atoms with Gasteiger partial charge in [-0.05, 0) is 43.4 Å². The standard InChI is InChI=1S/C23H29F3N6O2/c1-10(2)20-22(34)30-19-11(3)27-23(31-21(19)32(20)4)29-14-8-13(9-14)28-17(33)7-12-5-15(24)18(26)16(25)6-12/h5-6,10,13-14,20,22,30,34H,7-9H2,1-4H3,(H,28,33)(H,27,29,31)/t13-,14-,20-,22?/m0/s1. The summed E-state index contributed by atoms with van der Waals surface area (Å²) in [6.07, 6.45) is 0.313. The molecule has 1 fully saturated rings. The molecular weight excluding hydrogens is 449 g/mol. The number of amides is 1. The number of aryl methyl sites for hydroxylation is 1. The number of nitrogens with zero attached hydrogens (tertiary/aromatic N) is 3. The molecule has 1 aromatic heterocycles. The van der Waals surface area contributed by atoms with Crippen molar-refractivity contribution in [1.29, 1.82) is 0 Å². The van der Waals surface area contributed by atoms with E-state index in [1.54, 1.807) is 0 Å². The molecule has 1 amide bonds. The lowest BCUT2D eigenvalue weighted by molar-refractivity contribution is -0.121. The maximum Gasteiger partial charge on any atom is 0.225 e. The van der Waals surface area contributed by atoms with Gasteiger partial charge in [-0.25, -0.2) is 18.2 Å². The van der Waals surface area contributed by atoms with E-state index in [9.17, 15) is 23.1 Å². The van der Waals surface area contributed by atoms with Crippen LogP contribution in [-0.2, 0) is 11.2 Å². The highest BCUT2D eigenvalue weighted by molar-refractivity contribution is 5.79. The van der Waals surface area contributed by atoms with Crippen LogP contribution in [0.15, 0.2) is 12.1 Å². The van der Waals surface area contributed by atoms with Crippen LogP contribution in [0, 0.1) is 30.3 Å². The number of anilines is 3. The van der Waals surface area contributed by atoms with E-state index in [1.165, 1.54) is 0 Å². The van der Waals surface area contributed by atoms with E-state index in [0.717, 1.165) is 12.1 Å². The molecule has 2 aromatic rings. The van der Waals surface area contributed by atoms with Crippen LogP contribution < -0.4 is 20.9 Å². The summed E-state index contributed by atoms with van der Waals surface area (Å²) in [6, 6.07) is 1.47. The summed E-state index contributed by atoms with van der Waals surface area (Å²) in [5.74, 6) is -3.18. The van der Waals surface area contributed by atoms with E-state index in [-0.39, 0.29) is 41.9 Å². The minimum Gasteiger partial charge on any atom is -0.372 e. The Morgan fingerprint density at radius 2 is 1.85 bits per heavy atom. The molecule has 4 rings (SSSR count). The fourth-order valence-electron chi connectivity index (χ4n) is 4.65. The molecular formula is C23H29F3N6O2. The first kappa shape index (κ1) is 24.1. The number of nitrogens with one attached hydrogen (secondary N) is 3. The lowest BCUT2D eigenvalue weighted by Gasteiger charge is -2.42. The Balaban J connectivity index is 1.33. The fraction of sp³-hybridized carbons (Fsp3) is 0.522. The van der Waals surface area contributed by atoms with Crippen LogP contribution in [0.1, 0.15) is 37.9 Å². The van der Waals surface area contributed by atoms with Crippen LogP contribution in [0.3, 0.4) is 0 Å². The minimum absolute atomic E-state index is 0.0526. The molecule has 184 valence electrons. The highest BCUT2D eigenvalue weighted by Gasteiger charge is 2.36. The van der Waals surface area contributed by atoms with Crippen molar-refractivity contribution in [2.45, 2.75) is 64.4 Å². The fourth-order valence-corrected chi connectivity index (χ4v) is 4.65. The zero-order valence-corrected chi connectivity index (χ0v) is 19.5. The highest BCUT2D eigenvalue weighted by Crippen LogP contribution is 2.36. The number of benzene rings is 1. The first-order valence-electron chi connectivity index (χ1n) is 11.3. The molecule has 11 heteroatoms. The second-order valence-electron chi connectivity index (χ2n) is 9.39. The number of halogens is 3. The maximum absolute atomic E-state index is 13.3. The smallest absolute Gasteiger partial charge is 0.225 e. The van der Waals surface area contributed by atoms with Crippen LogP contribution in [0.25, 0.3) is 0 Å². The van der Waals surface area contributed by atoms with Gasteiger partial charge >= 0.3 is 0 Å². The lowest BCUT2D eigenvalue weighted by atomic mass is 9.86. The van der Waals surface area contributed by atoms with Crippen LogP contribution >= 0.6 is 0 Å². The van der Waals surface area contributed by atoms with E-state index >= 15 is 0 Å². The number of carbonyl (C=O) groups excluding carboxylic acids is 1. The molecule has 0 radical (unpaired) electrons. The van der Waals surface area contributed by atoms with Crippen molar-refractivity contribution < 1.29 is 23.1 Å². The number of likely N-dealkylation sites (N-methyl/N-ethyl adjacent to an activating group) is 1. The zero-order valence-electron chi connectivity index (χ0n) is 19.5. The number of hydrogen-bond acceptors (Lipinski definition) is 7. The van der Waals surface area contributed by atoms with Crippen molar-refractivity contribution in [2.24, 2.45) is 5.92 Å². The quantitative estimate of drug-likeness (QED) is 0.474. The molecule has 0 spiro atoms. The molecule has 2 heterocycles. The molecule has 0 saturated heterocycles. The van der Waals surface area contributed by atoms with Gasteiger partial charge in [-0.15, -0.1) is 0 Å². The Bertz CT molecular complexity index is 1070. The highest BCUT2D eigenvalue weighted by atomic mass is 19.2. The predicted octanol–water partition coefficient (Wildman–Crippen LogP) is 2.71. The van der Waals surface area contributed by atoms with Crippen molar-refractivity contribution in [2.75, 3.05) is 22.6 Å². The summed E-state index contributed by atoms with van der Waals surface area (Å²) in [4.78, 5) is 23.3. The lowest BCUT2D eigenvalue weighted by Crippen LogP contribution is -2.53. The number of aliphatic hydroxyl groups excluding tert-OH is 1. The van der Waals surface area contributed by atoms with Crippen LogP contribution in [0.5, 0.6) is 0 Å². The Hall–Kier alpha value is -3.08. The molecule has 1 saturated carbocycles. The molecule has 4 N–H and O–H groups in total. The Morgan fingerprint density at radius 1 is 1.21 bits per heavy atom. The summed E-state index contributed by atoms with van der Waals surface area (Å²) in [5.41, 5.74) is 1.48. The molecule has 2 atom stereocenters. The van der Waals surface area contributed by atoms with Gasteiger partial charge in [0.05, 0.1) is 18.2 Å². The number of hydrogen-bond donors (Lipinski definition) is 4. The van der Waals surface area contributed by atoms with Gasteiger partial charge in [-0.2, -0.15) is 4.98 Å². The van der Waals surface area contributed by atoms with Gasteiger partial charge in [-0.3, -0.25) is 4.79 Å². The van der Waals surface area contributed by atoms with Crippen molar-refractivity contribution in [3.8, 4) is 0 Å². The topological polar surface area (TPSA) is 102 Å². The number of rotatable bonds is 6. The third-order valence-corrected chi connectivity index (χ3v) is 6.40. The molecule has 34 heavy (non-hydrogen) atoms. The van der Waals surface area contributed by atoms with Gasteiger partial charge < -0.3 is 26.0 Å². The summed E-state index contributed by atoms with van der Waals surface area (Å²) in [6.45, 7) is 5.92. The summed E-state index contributed by atoms with van der Waals surface area (Å²) < 4.78 is 39.8. The summed E-state index contributed by atoms with van der Waals surface area (Å²) in [7, 11) is 1.90. The van der Waals surface area contributed by atoms with Gasteiger partial charge in [0.15, 0.2) is 23.3 Å². The Morgan fingerprint density at radius 3 is 2.47 bits per heavy atom. The van der Waals surface area contributed by atoms with Crippen LogP contribution in [0.2, 0.25) is 0 Å². The predicted molar refractivity (Wildman–Crippen MR) is 122 cm³/mol. The monoisotopic (exact) mass is 478 g/mol. The summed E-state index contributed by atoms with van der Waals surface area (Å²) in [5, 5.41) is 19.7. The number of fused-ring (bicyclic) bond motifs is 1. The second-order valence-corrected chi connectivity index (χ2v) is 9.39. The third kappa shape index (κ3) is 4.75. The first-order valence-corrected chi connectivity index (χ1v) is 11.3. The van der Waals surface area contributed by atoms with E-state index < -0.39 is 23.7 Å². The van der Waals surface area contributed by atoms with E-state index in [4.69, 9.17) is 0 Å². The first-order chi connectivity index (χ1) is 16.0. The molecule has 1 aliphatic carbocycles. The largest absolute Gasteiger partial charge is 0.372 e. The number of carbonyl (C=O) groups is 1. The van der Waals surface area contributed by atoms with E-state index in [1.807, 2.05) is 32.7 Å². The van der Waals surface area contributed by atoms with Gasteiger partial charge in [0.1, 0.15) is 11.9 Å². The average molecular weight is 479 g/mol. The van der Waals surface area contributed by atoms with Crippen molar-refractivity contribution >= 4 is 23.4 Å². The van der Waals surface area contributed by atoms with Crippen molar-refractivity contribution in [3.63, 3.8) is 0 Å². The van der Waals surface area contributed by atoms with E-state index in [0.29, 0.717) is 36.0 Å². The summed E-state index contributed by atoms with van der Waals surface area (Å²) >= 11 is 0. The van der Waals surface area contributed by atoms with Gasteiger partial charge in [-0.1, -0.05) is 13.8 Å². The molecule has 0 bridgehead atoms. The SMILES string of the molecule is Cc1nc(N[C@H]2C[C@H](NC(=O)Cc3cc(F)c(F)c(F)c3)C2)nc2c1NC(O)[C@H](C(C)C)N2C. The van der Waals surface area contributed by atoms with Gasteiger partial charge in [0.25, 0.3) is 0 Å². The van der Waals surface area contributed by atoms with Crippen molar-refractivity contribution in [3.05, 3.63) is 40.8 Å². The molecule has 2 aliphatic rings. The normalized spacial score (nSPS) is 23.7. The third-order valence-electron chi connectivity index (χ3n) is 6.40. The zero-order chi connectivity index (χ0) is 24.7. The van der Waals surface area contributed by atoms with E-state index in [2.05, 4.69) is 25.9 Å². The maximum atomic E-state index is 13.3. The Kier molecular flexibility index (Phi) is 6.57. The van der Waals surface area contributed by atoms with Crippen LogP contribution in [-0.4, -0.2) is 52.4 Å². The molecule has 1 aliphatic heterocycles. The molecule has 8 nitrogen and oxygen atoms in total. The molecule has 1 aromatic carbocycles. The number of aromatic nitrogens is 2. The van der Waals surface area contributed by atoms with Gasteiger partial charge in [0.2, 0.25) is 11.9 Å².